The first kappa shape index (κ1) is 14.4. The predicted octanol–water partition coefficient (Wildman–Crippen LogP) is 1.39. The first-order valence-corrected chi connectivity index (χ1v) is 8.01. The van der Waals surface area contributed by atoms with Crippen LogP contribution in [0.1, 0.15) is 36.9 Å². The summed E-state index contributed by atoms with van der Waals surface area (Å²) >= 11 is 0. The maximum Gasteiger partial charge on any atom is 0.240 e. The van der Waals surface area contributed by atoms with Gasteiger partial charge in [0.15, 0.2) is 0 Å². The van der Waals surface area contributed by atoms with E-state index in [0.717, 1.165) is 48.2 Å². The molecule has 0 unspecified atom stereocenters. The van der Waals surface area contributed by atoms with Gasteiger partial charge in [-0.3, -0.25) is 14.5 Å². The normalized spacial score (nSPS) is 20.1. The van der Waals surface area contributed by atoms with Gasteiger partial charge in [-0.1, -0.05) is 6.07 Å². The number of hydrogen-bond donors (Lipinski definition) is 2. The van der Waals surface area contributed by atoms with Gasteiger partial charge in [0.25, 0.3) is 0 Å². The van der Waals surface area contributed by atoms with E-state index in [2.05, 4.69) is 21.5 Å². The van der Waals surface area contributed by atoms with Crippen LogP contribution < -0.4 is 11.1 Å². The van der Waals surface area contributed by atoms with Crippen LogP contribution in [0.5, 0.6) is 0 Å². The Kier molecular flexibility index (Phi) is 2.90. The lowest BCUT2D eigenvalue weighted by molar-refractivity contribution is -0.124. The molecule has 0 radical (unpaired) electrons. The summed E-state index contributed by atoms with van der Waals surface area (Å²) in [7, 11) is 1.90. The molecule has 2 aromatic rings. The molecule has 2 aromatic heterocycles. The van der Waals surface area contributed by atoms with E-state index in [9.17, 15) is 4.79 Å². The Hall–Kier alpha value is -2.21. The molecule has 2 aliphatic rings. The number of rotatable bonds is 4. The van der Waals surface area contributed by atoms with E-state index in [-0.39, 0.29) is 11.4 Å². The fourth-order valence-electron chi connectivity index (χ4n) is 3.00. The van der Waals surface area contributed by atoms with Crippen LogP contribution in [0.4, 0.5) is 0 Å². The molecule has 6 heteroatoms. The molecule has 0 aromatic carbocycles. The van der Waals surface area contributed by atoms with Gasteiger partial charge in [0.05, 0.1) is 22.5 Å². The van der Waals surface area contributed by atoms with Crippen molar-refractivity contribution in [2.75, 3.05) is 0 Å². The molecular weight excluding hydrogens is 290 g/mol. The number of amides is 1. The van der Waals surface area contributed by atoms with E-state index >= 15 is 0 Å². The summed E-state index contributed by atoms with van der Waals surface area (Å²) < 4.78 is 1.79. The SMILES string of the molecule is Cc1nn(C)cc1-c1ccc(C2(NC(=O)C3(N)CC3)CC2)cn1. The third kappa shape index (κ3) is 2.43. The molecule has 2 heterocycles. The summed E-state index contributed by atoms with van der Waals surface area (Å²) in [5, 5.41) is 7.49. The van der Waals surface area contributed by atoms with Crippen LogP contribution in [-0.4, -0.2) is 26.2 Å². The zero-order valence-electron chi connectivity index (χ0n) is 13.5. The first-order valence-electron chi connectivity index (χ1n) is 8.01. The van der Waals surface area contributed by atoms with Crippen molar-refractivity contribution in [3.05, 3.63) is 35.8 Å². The molecule has 1 amide bonds. The quantitative estimate of drug-likeness (QED) is 0.893. The smallest absolute Gasteiger partial charge is 0.240 e. The van der Waals surface area contributed by atoms with Crippen molar-refractivity contribution >= 4 is 5.91 Å². The van der Waals surface area contributed by atoms with Crippen LogP contribution >= 0.6 is 0 Å². The highest BCUT2D eigenvalue weighted by Crippen LogP contribution is 2.47. The standard InChI is InChI=1S/C17H21N5O/c1-11-13(10-22(2)21-11)14-4-3-12(9-19-14)17(7-8-17)20-15(23)16(18)5-6-16/h3-4,9-10H,5-8,18H2,1-2H3,(H,20,23). The van der Waals surface area contributed by atoms with Crippen molar-refractivity contribution in [3.63, 3.8) is 0 Å². The lowest BCUT2D eigenvalue weighted by Crippen LogP contribution is -2.47. The predicted molar refractivity (Wildman–Crippen MR) is 86.4 cm³/mol. The minimum atomic E-state index is -0.629. The zero-order chi connectivity index (χ0) is 16.2. The van der Waals surface area contributed by atoms with Gasteiger partial charge in [-0.05, 0) is 44.2 Å². The van der Waals surface area contributed by atoms with Crippen LogP contribution in [0, 0.1) is 6.92 Å². The minimum Gasteiger partial charge on any atom is -0.345 e. The topological polar surface area (TPSA) is 85.8 Å². The van der Waals surface area contributed by atoms with Gasteiger partial charge in [-0.25, -0.2) is 0 Å². The molecule has 0 saturated heterocycles. The maximum atomic E-state index is 12.2. The van der Waals surface area contributed by atoms with Crippen molar-refractivity contribution in [1.82, 2.24) is 20.1 Å². The van der Waals surface area contributed by atoms with Crippen LogP contribution in [0.3, 0.4) is 0 Å². The second-order valence-corrected chi connectivity index (χ2v) is 6.93. The minimum absolute atomic E-state index is 0.0258. The molecule has 6 nitrogen and oxygen atoms in total. The number of carbonyl (C=O) groups is 1. The van der Waals surface area contributed by atoms with E-state index in [1.54, 1.807) is 4.68 Å². The highest BCUT2D eigenvalue weighted by Gasteiger charge is 2.52. The molecule has 0 aliphatic heterocycles. The van der Waals surface area contributed by atoms with Crippen LogP contribution in [-0.2, 0) is 17.4 Å². The molecule has 23 heavy (non-hydrogen) atoms. The second-order valence-electron chi connectivity index (χ2n) is 6.93. The van der Waals surface area contributed by atoms with E-state index in [1.165, 1.54) is 0 Å². The third-order valence-corrected chi connectivity index (χ3v) is 4.95. The number of aryl methyl sites for hydroxylation is 2. The van der Waals surface area contributed by atoms with Crippen molar-refractivity contribution in [2.45, 2.75) is 43.7 Å². The molecule has 2 saturated carbocycles. The molecule has 3 N–H and O–H groups in total. The third-order valence-electron chi connectivity index (χ3n) is 4.95. The zero-order valence-corrected chi connectivity index (χ0v) is 13.5. The Bertz CT molecular complexity index is 769. The number of aromatic nitrogens is 3. The van der Waals surface area contributed by atoms with Gasteiger partial charge in [0, 0.05) is 25.0 Å². The second kappa shape index (κ2) is 4.64. The summed E-state index contributed by atoms with van der Waals surface area (Å²) in [6.45, 7) is 1.98. The van der Waals surface area contributed by atoms with Gasteiger partial charge in [0.1, 0.15) is 0 Å². The highest BCUT2D eigenvalue weighted by molar-refractivity contribution is 5.90. The monoisotopic (exact) mass is 311 g/mol. The average Bonchev–Trinajstić information content (AvgIpc) is 3.42. The maximum absolute atomic E-state index is 12.2. The molecule has 0 bridgehead atoms. The van der Waals surface area contributed by atoms with Crippen LogP contribution in [0.2, 0.25) is 0 Å². The van der Waals surface area contributed by atoms with Crippen LogP contribution in [0.25, 0.3) is 11.3 Å². The Morgan fingerprint density at radius 3 is 2.52 bits per heavy atom. The van der Waals surface area contributed by atoms with Gasteiger partial charge in [0.2, 0.25) is 5.91 Å². The number of hydrogen-bond acceptors (Lipinski definition) is 4. The summed E-state index contributed by atoms with van der Waals surface area (Å²) in [5.41, 5.74) is 9.04. The number of nitrogens with two attached hydrogens (primary N) is 1. The molecule has 2 aliphatic carbocycles. The molecular formula is C17H21N5O. The Morgan fingerprint density at radius 1 is 1.30 bits per heavy atom. The number of pyridine rings is 1. The fraction of sp³-hybridized carbons (Fsp3) is 0.471. The lowest BCUT2D eigenvalue weighted by Gasteiger charge is -2.20. The average molecular weight is 311 g/mol. The Labute approximate surface area is 135 Å². The lowest BCUT2D eigenvalue weighted by atomic mass is 10.0. The molecule has 4 rings (SSSR count). The van der Waals surface area contributed by atoms with Crippen LogP contribution in [0.15, 0.2) is 24.5 Å². The summed E-state index contributed by atoms with van der Waals surface area (Å²) in [5.74, 6) is -0.0258. The Balaban J connectivity index is 1.56. The van der Waals surface area contributed by atoms with E-state index in [4.69, 9.17) is 5.73 Å². The van der Waals surface area contributed by atoms with Crippen molar-refractivity contribution in [2.24, 2.45) is 12.8 Å². The van der Waals surface area contributed by atoms with Gasteiger partial charge >= 0.3 is 0 Å². The summed E-state index contributed by atoms with van der Waals surface area (Å²) in [6, 6.07) is 4.05. The molecule has 120 valence electrons. The first-order chi connectivity index (χ1) is 10.9. The fourth-order valence-corrected chi connectivity index (χ4v) is 3.00. The van der Waals surface area contributed by atoms with E-state index in [0.29, 0.717) is 0 Å². The molecule has 2 fully saturated rings. The Morgan fingerprint density at radius 2 is 2.04 bits per heavy atom. The van der Waals surface area contributed by atoms with E-state index < -0.39 is 5.54 Å². The van der Waals surface area contributed by atoms with Gasteiger partial charge in [-0.2, -0.15) is 5.10 Å². The number of carbonyl (C=O) groups excluding carboxylic acids is 1. The van der Waals surface area contributed by atoms with Gasteiger partial charge < -0.3 is 11.1 Å². The number of nitrogens with one attached hydrogen (secondary N) is 1. The van der Waals surface area contributed by atoms with Gasteiger partial charge in [-0.15, -0.1) is 0 Å². The van der Waals surface area contributed by atoms with E-state index in [1.807, 2.05) is 32.4 Å². The largest absolute Gasteiger partial charge is 0.345 e. The summed E-state index contributed by atoms with van der Waals surface area (Å²) in [4.78, 5) is 16.8. The van der Waals surface area contributed by atoms with Crippen molar-refractivity contribution in [3.8, 4) is 11.3 Å². The highest BCUT2D eigenvalue weighted by atomic mass is 16.2. The summed E-state index contributed by atoms with van der Waals surface area (Å²) in [6.07, 6.45) is 7.30. The number of nitrogens with zero attached hydrogens (tertiary/aromatic N) is 3. The van der Waals surface area contributed by atoms with Crippen molar-refractivity contribution in [1.29, 1.82) is 0 Å². The molecule has 0 atom stereocenters. The van der Waals surface area contributed by atoms with Crippen molar-refractivity contribution < 1.29 is 4.79 Å². The molecule has 0 spiro atoms.